The van der Waals surface area contributed by atoms with E-state index in [9.17, 15) is 0 Å². The molecule has 2 rings (SSSR count). The van der Waals surface area contributed by atoms with Gasteiger partial charge in [0.1, 0.15) is 0 Å². The fourth-order valence-corrected chi connectivity index (χ4v) is 3.04. The Kier molecular flexibility index (Phi) is 5.46. The molecule has 2 aliphatic rings. The summed E-state index contributed by atoms with van der Waals surface area (Å²) < 4.78 is 0. The lowest BCUT2D eigenvalue weighted by molar-refractivity contribution is 0.161. The summed E-state index contributed by atoms with van der Waals surface area (Å²) in [6, 6.07) is 1.62. The predicted molar refractivity (Wildman–Crippen MR) is 78.0 cm³/mol. The zero-order valence-electron chi connectivity index (χ0n) is 12.5. The topological polar surface area (TPSA) is 18.5 Å². The molecule has 0 amide bonds. The van der Waals surface area contributed by atoms with Gasteiger partial charge in [0.25, 0.3) is 0 Å². The number of nitrogens with one attached hydrogen (secondary N) is 1. The highest BCUT2D eigenvalue weighted by Crippen LogP contribution is 2.19. The number of nitrogens with zero attached hydrogens (tertiary/aromatic N) is 2. The van der Waals surface area contributed by atoms with Gasteiger partial charge in [-0.05, 0) is 58.3 Å². The summed E-state index contributed by atoms with van der Waals surface area (Å²) in [5.41, 5.74) is 0. The zero-order valence-corrected chi connectivity index (χ0v) is 12.5. The zero-order chi connectivity index (χ0) is 13.0. The second-order valence-corrected chi connectivity index (χ2v) is 6.46. The van der Waals surface area contributed by atoms with Gasteiger partial charge >= 0.3 is 0 Å². The van der Waals surface area contributed by atoms with Crippen LogP contribution in [0.4, 0.5) is 0 Å². The molecule has 0 radical (unpaired) electrons. The maximum atomic E-state index is 3.67. The molecule has 2 fully saturated rings. The minimum absolute atomic E-state index is 0.765. The molecule has 2 unspecified atom stereocenters. The van der Waals surface area contributed by atoms with Gasteiger partial charge in [-0.2, -0.15) is 0 Å². The molecule has 1 aliphatic carbocycles. The van der Waals surface area contributed by atoms with Crippen molar-refractivity contribution in [3.05, 3.63) is 0 Å². The van der Waals surface area contributed by atoms with E-state index in [2.05, 4.69) is 36.0 Å². The van der Waals surface area contributed by atoms with Crippen molar-refractivity contribution in [2.45, 2.75) is 51.6 Å². The van der Waals surface area contributed by atoms with Gasteiger partial charge in [0.05, 0.1) is 0 Å². The van der Waals surface area contributed by atoms with Crippen LogP contribution in [0.1, 0.15) is 39.5 Å². The molecule has 0 aromatic rings. The van der Waals surface area contributed by atoms with Crippen molar-refractivity contribution in [3.8, 4) is 0 Å². The normalized spacial score (nSPS) is 29.2. The molecule has 106 valence electrons. The number of hydrogen-bond acceptors (Lipinski definition) is 3. The van der Waals surface area contributed by atoms with E-state index in [0.717, 1.165) is 18.0 Å². The molecule has 3 heteroatoms. The van der Waals surface area contributed by atoms with E-state index in [-0.39, 0.29) is 0 Å². The maximum absolute atomic E-state index is 3.67. The summed E-state index contributed by atoms with van der Waals surface area (Å²) in [5.74, 6) is 0.781. The molecule has 0 bridgehead atoms. The second kappa shape index (κ2) is 6.88. The minimum Gasteiger partial charge on any atom is -0.314 e. The van der Waals surface area contributed by atoms with Crippen molar-refractivity contribution in [3.63, 3.8) is 0 Å². The summed E-state index contributed by atoms with van der Waals surface area (Å²) in [6.45, 7) is 11.0. The summed E-state index contributed by atoms with van der Waals surface area (Å²) in [5, 5.41) is 3.67. The van der Waals surface area contributed by atoms with E-state index < -0.39 is 0 Å². The Hall–Kier alpha value is -0.120. The molecular formula is C15H31N3. The SMILES string of the molecule is CCC1CN(C)CCCN1CC(C)CNC1CC1. The molecule has 0 spiro atoms. The second-order valence-electron chi connectivity index (χ2n) is 6.46. The van der Waals surface area contributed by atoms with Crippen LogP contribution in [0.15, 0.2) is 0 Å². The fraction of sp³-hybridized carbons (Fsp3) is 1.00. The van der Waals surface area contributed by atoms with Gasteiger partial charge in [-0.1, -0.05) is 13.8 Å². The van der Waals surface area contributed by atoms with Crippen LogP contribution in [0.3, 0.4) is 0 Å². The molecule has 3 nitrogen and oxygen atoms in total. The third-order valence-corrected chi connectivity index (χ3v) is 4.37. The van der Waals surface area contributed by atoms with Crippen LogP contribution < -0.4 is 5.32 Å². The molecule has 1 saturated carbocycles. The molecular weight excluding hydrogens is 222 g/mol. The third kappa shape index (κ3) is 4.52. The minimum atomic E-state index is 0.765. The van der Waals surface area contributed by atoms with Crippen LogP contribution in [0.25, 0.3) is 0 Å². The van der Waals surface area contributed by atoms with Crippen molar-refractivity contribution < 1.29 is 0 Å². The van der Waals surface area contributed by atoms with E-state index in [1.54, 1.807) is 0 Å². The lowest BCUT2D eigenvalue weighted by atomic mass is 10.1. The highest BCUT2D eigenvalue weighted by molar-refractivity contribution is 4.83. The van der Waals surface area contributed by atoms with Crippen molar-refractivity contribution in [1.82, 2.24) is 15.1 Å². The van der Waals surface area contributed by atoms with E-state index in [4.69, 9.17) is 0 Å². The first-order valence-corrected chi connectivity index (χ1v) is 7.85. The first-order valence-electron chi connectivity index (χ1n) is 7.85. The summed E-state index contributed by atoms with van der Waals surface area (Å²) >= 11 is 0. The van der Waals surface area contributed by atoms with Crippen molar-refractivity contribution in [2.75, 3.05) is 39.8 Å². The quantitative estimate of drug-likeness (QED) is 0.778. The maximum Gasteiger partial charge on any atom is 0.0220 e. The Labute approximate surface area is 113 Å². The summed E-state index contributed by atoms with van der Waals surface area (Å²) in [4.78, 5) is 5.24. The average molecular weight is 253 g/mol. The Morgan fingerprint density at radius 3 is 2.72 bits per heavy atom. The van der Waals surface area contributed by atoms with E-state index in [1.807, 2.05) is 0 Å². The molecule has 1 N–H and O–H groups in total. The summed E-state index contributed by atoms with van der Waals surface area (Å²) in [6.07, 6.45) is 5.42. The van der Waals surface area contributed by atoms with Crippen molar-refractivity contribution >= 4 is 0 Å². The van der Waals surface area contributed by atoms with Gasteiger partial charge in [-0.15, -0.1) is 0 Å². The molecule has 2 atom stereocenters. The first kappa shape index (κ1) is 14.3. The number of rotatable bonds is 6. The van der Waals surface area contributed by atoms with Crippen LogP contribution in [0, 0.1) is 5.92 Å². The Bertz CT molecular complexity index is 240. The largest absolute Gasteiger partial charge is 0.314 e. The average Bonchev–Trinajstić information content (AvgIpc) is 3.16. The van der Waals surface area contributed by atoms with E-state index in [1.165, 1.54) is 58.4 Å². The Morgan fingerprint density at radius 2 is 2.06 bits per heavy atom. The standard InChI is InChI=1S/C15H31N3/c1-4-15-12-17(3)8-5-9-18(15)11-13(2)10-16-14-6-7-14/h13-16H,4-12H2,1-3H3. The van der Waals surface area contributed by atoms with Crippen molar-refractivity contribution in [1.29, 1.82) is 0 Å². The smallest absolute Gasteiger partial charge is 0.0220 e. The predicted octanol–water partition coefficient (Wildman–Crippen LogP) is 1.79. The third-order valence-electron chi connectivity index (χ3n) is 4.37. The Balaban J connectivity index is 1.76. The highest BCUT2D eigenvalue weighted by atomic mass is 15.2. The van der Waals surface area contributed by atoms with Crippen molar-refractivity contribution in [2.24, 2.45) is 5.92 Å². The van der Waals surface area contributed by atoms with Crippen LogP contribution in [0.5, 0.6) is 0 Å². The van der Waals surface area contributed by atoms with E-state index in [0.29, 0.717) is 0 Å². The van der Waals surface area contributed by atoms with Gasteiger partial charge in [0.2, 0.25) is 0 Å². The van der Waals surface area contributed by atoms with Gasteiger partial charge in [-0.25, -0.2) is 0 Å². The van der Waals surface area contributed by atoms with Crippen LogP contribution in [0.2, 0.25) is 0 Å². The lowest BCUT2D eigenvalue weighted by Crippen LogP contribution is -2.43. The van der Waals surface area contributed by atoms with Crippen LogP contribution in [-0.4, -0.2) is 61.7 Å². The highest BCUT2D eigenvalue weighted by Gasteiger charge is 2.25. The number of hydrogen-bond donors (Lipinski definition) is 1. The van der Waals surface area contributed by atoms with Gasteiger partial charge in [0.15, 0.2) is 0 Å². The van der Waals surface area contributed by atoms with Crippen LogP contribution >= 0.6 is 0 Å². The summed E-state index contributed by atoms with van der Waals surface area (Å²) in [7, 11) is 2.27. The number of likely N-dealkylation sites (N-methyl/N-ethyl adjacent to an activating group) is 1. The van der Waals surface area contributed by atoms with Crippen LogP contribution in [-0.2, 0) is 0 Å². The monoisotopic (exact) mass is 253 g/mol. The molecule has 1 aliphatic heterocycles. The first-order chi connectivity index (χ1) is 8.69. The molecule has 18 heavy (non-hydrogen) atoms. The van der Waals surface area contributed by atoms with E-state index >= 15 is 0 Å². The van der Waals surface area contributed by atoms with Gasteiger partial charge in [-0.3, -0.25) is 4.90 Å². The Morgan fingerprint density at radius 1 is 1.28 bits per heavy atom. The fourth-order valence-electron chi connectivity index (χ4n) is 3.04. The van der Waals surface area contributed by atoms with Gasteiger partial charge in [0, 0.05) is 25.2 Å². The molecule has 1 saturated heterocycles. The lowest BCUT2D eigenvalue weighted by Gasteiger charge is -2.32. The molecule has 1 heterocycles. The molecule has 0 aromatic heterocycles. The molecule has 0 aromatic carbocycles. The van der Waals surface area contributed by atoms with Gasteiger partial charge < -0.3 is 10.2 Å².